The summed E-state index contributed by atoms with van der Waals surface area (Å²) in [5.41, 5.74) is -0.353. The van der Waals surface area contributed by atoms with Gasteiger partial charge in [0.1, 0.15) is 12.0 Å². The van der Waals surface area contributed by atoms with E-state index in [4.69, 9.17) is 4.42 Å². The van der Waals surface area contributed by atoms with Gasteiger partial charge in [-0.05, 0) is 62.8 Å². The molecular formula is C29H33F3N6O4. The average Bonchev–Trinajstić information content (AvgIpc) is 3.76. The summed E-state index contributed by atoms with van der Waals surface area (Å²) < 4.78 is 43.3. The Kier molecular flexibility index (Phi) is 9.17. The molecular weight excluding hydrogens is 553 g/mol. The predicted molar refractivity (Wildman–Crippen MR) is 145 cm³/mol. The number of halogens is 3. The number of aliphatic hydroxyl groups excluding tert-OH is 1. The summed E-state index contributed by atoms with van der Waals surface area (Å²) >= 11 is 0. The fourth-order valence-corrected chi connectivity index (χ4v) is 6.12. The molecule has 224 valence electrons. The standard InChI is InChI=1S/C22H28F3N3O3.C7H5N3O/c23-22(24,25)15-3-1-2-14(12-15)21(31)26-13-20(30)28-11-9-18-19(28)8-10-27(18)16-4-6-17(29)7-5-16;1-2-8-7(9-3-1)6-4-11-5-10-6/h1-3,12,16-19,29H,4-11,13H2,(H,26,31);1-5H. The first kappa shape index (κ1) is 29.6. The van der Waals surface area contributed by atoms with Crippen molar-refractivity contribution < 1.29 is 32.3 Å². The largest absolute Gasteiger partial charge is 0.451 e. The van der Waals surface area contributed by atoms with Crippen LogP contribution in [0.4, 0.5) is 13.2 Å². The average molecular weight is 587 g/mol. The topological polar surface area (TPSA) is 125 Å². The fourth-order valence-electron chi connectivity index (χ4n) is 6.12. The van der Waals surface area contributed by atoms with E-state index in [-0.39, 0.29) is 30.2 Å². The number of amides is 2. The van der Waals surface area contributed by atoms with Gasteiger partial charge in [0, 0.05) is 49.2 Å². The molecule has 2 saturated heterocycles. The minimum absolute atomic E-state index is 0.116. The Balaban J connectivity index is 0.000000267. The number of likely N-dealkylation sites (tertiary alicyclic amines) is 2. The molecule has 2 aliphatic heterocycles. The van der Waals surface area contributed by atoms with Crippen LogP contribution in [0.3, 0.4) is 0 Å². The van der Waals surface area contributed by atoms with E-state index < -0.39 is 17.6 Å². The molecule has 2 aromatic heterocycles. The number of hydrogen-bond acceptors (Lipinski definition) is 8. The lowest BCUT2D eigenvalue weighted by Crippen LogP contribution is -2.46. The van der Waals surface area contributed by atoms with Crippen LogP contribution in [-0.4, -0.2) is 85.5 Å². The maximum Gasteiger partial charge on any atom is 0.416 e. The van der Waals surface area contributed by atoms with E-state index in [0.29, 0.717) is 30.1 Å². The van der Waals surface area contributed by atoms with Crippen LogP contribution in [0.2, 0.25) is 0 Å². The van der Waals surface area contributed by atoms with Crippen LogP contribution in [0.25, 0.3) is 11.5 Å². The molecule has 1 aliphatic carbocycles. The molecule has 42 heavy (non-hydrogen) atoms. The normalized spacial score (nSPS) is 24.0. The summed E-state index contributed by atoms with van der Waals surface area (Å²) in [4.78, 5) is 41.2. The highest BCUT2D eigenvalue weighted by molar-refractivity contribution is 5.96. The second-order valence-electron chi connectivity index (χ2n) is 10.7. The number of nitrogens with zero attached hydrogens (tertiary/aromatic N) is 5. The number of hydrogen-bond donors (Lipinski definition) is 2. The van der Waals surface area contributed by atoms with Gasteiger partial charge in [0.2, 0.25) is 5.91 Å². The third kappa shape index (κ3) is 6.96. The highest BCUT2D eigenvalue weighted by Gasteiger charge is 2.46. The number of carbonyl (C=O) groups is 2. The van der Waals surface area contributed by atoms with Gasteiger partial charge in [-0.1, -0.05) is 6.07 Å². The van der Waals surface area contributed by atoms with Crippen LogP contribution < -0.4 is 5.32 Å². The molecule has 13 heteroatoms. The molecule has 0 bridgehead atoms. The van der Waals surface area contributed by atoms with E-state index >= 15 is 0 Å². The van der Waals surface area contributed by atoms with Gasteiger partial charge in [-0.25, -0.2) is 15.0 Å². The lowest BCUT2D eigenvalue weighted by atomic mass is 9.91. The number of aliphatic hydroxyl groups is 1. The van der Waals surface area contributed by atoms with Crippen molar-refractivity contribution >= 4 is 11.8 Å². The second-order valence-corrected chi connectivity index (χ2v) is 10.7. The molecule has 1 saturated carbocycles. The van der Waals surface area contributed by atoms with Crippen molar-refractivity contribution in [2.75, 3.05) is 19.6 Å². The quantitative estimate of drug-likeness (QED) is 0.465. The molecule has 3 fully saturated rings. The molecule has 10 nitrogen and oxygen atoms in total. The number of benzene rings is 1. The van der Waals surface area contributed by atoms with Gasteiger partial charge in [-0.3, -0.25) is 14.5 Å². The Morgan fingerprint density at radius 1 is 0.976 bits per heavy atom. The van der Waals surface area contributed by atoms with Crippen molar-refractivity contribution in [2.24, 2.45) is 0 Å². The Morgan fingerprint density at radius 2 is 1.71 bits per heavy atom. The third-order valence-corrected chi connectivity index (χ3v) is 8.15. The molecule has 4 heterocycles. The summed E-state index contributed by atoms with van der Waals surface area (Å²) in [5, 5.41) is 12.2. The first-order valence-corrected chi connectivity index (χ1v) is 14.0. The molecule has 6 rings (SSSR count). The summed E-state index contributed by atoms with van der Waals surface area (Å²) in [6, 6.07) is 6.82. The number of alkyl halides is 3. The Morgan fingerprint density at radius 3 is 2.40 bits per heavy atom. The lowest BCUT2D eigenvalue weighted by Gasteiger charge is -2.36. The Hall–Kier alpha value is -3.84. The second kappa shape index (κ2) is 13.0. The summed E-state index contributed by atoms with van der Waals surface area (Å²) in [7, 11) is 0. The van der Waals surface area contributed by atoms with Crippen LogP contribution in [0.15, 0.2) is 59.8 Å². The molecule has 2 atom stereocenters. The van der Waals surface area contributed by atoms with Crippen LogP contribution in [0.5, 0.6) is 0 Å². The highest BCUT2D eigenvalue weighted by Crippen LogP contribution is 2.36. The van der Waals surface area contributed by atoms with Crippen molar-refractivity contribution in [3.05, 3.63) is 66.5 Å². The van der Waals surface area contributed by atoms with E-state index in [0.717, 1.165) is 57.2 Å². The first-order valence-electron chi connectivity index (χ1n) is 14.0. The summed E-state index contributed by atoms with van der Waals surface area (Å²) in [6.07, 6.45) is 6.84. The maximum absolute atomic E-state index is 12.9. The fraction of sp³-hybridized carbons (Fsp3) is 0.483. The molecule has 2 unspecified atom stereocenters. The van der Waals surface area contributed by atoms with Gasteiger partial charge >= 0.3 is 6.18 Å². The lowest BCUT2D eigenvalue weighted by molar-refractivity contribution is -0.137. The monoisotopic (exact) mass is 586 g/mol. The number of fused-ring (bicyclic) bond motifs is 1. The molecule has 3 aromatic rings. The number of aromatic nitrogens is 3. The van der Waals surface area contributed by atoms with Gasteiger partial charge < -0.3 is 19.7 Å². The van der Waals surface area contributed by atoms with Crippen LogP contribution in [0, 0.1) is 0 Å². The van der Waals surface area contributed by atoms with Gasteiger partial charge in [-0.2, -0.15) is 13.2 Å². The van der Waals surface area contributed by atoms with Gasteiger partial charge in [0.05, 0.1) is 18.2 Å². The van der Waals surface area contributed by atoms with Crippen molar-refractivity contribution in [3.63, 3.8) is 0 Å². The summed E-state index contributed by atoms with van der Waals surface area (Å²) in [6.45, 7) is 1.32. The van der Waals surface area contributed by atoms with E-state index in [1.54, 1.807) is 18.5 Å². The molecule has 2 amide bonds. The van der Waals surface area contributed by atoms with Gasteiger partial charge in [-0.15, -0.1) is 0 Å². The zero-order valence-corrected chi connectivity index (χ0v) is 22.9. The molecule has 0 spiro atoms. The van der Waals surface area contributed by atoms with E-state index in [1.807, 2.05) is 4.90 Å². The summed E-state index contributed by atoms with van der Waals surface area (Å²) in [5.74, 6) is -0.306. The van der Waals surface area contributed by atoms with Crippen molar-refractivity contribution in [1.82, 2.24) is 30.1 Å². The van der Waals surface area contributed by atoms with E-state index in [1.165, 1.54) is 24.8 Å². The van der Waals surface area contributed by atoms with Crippen molar-refractivity contribution in [3.8, 4) is 11.5 Å². The number of carbonyl (C=O) groups excluding carboxylic acids is 2. The van der Waals surface area contributed by atoms with Crippen LogP contribution in [0.1, 0.15) is 54.4 Å². The number of rotatable bonds is 5. The highest BCUT2D eigenvalue weighted by atomic mass is 19.4. The van der Waals surface area contributed by atoms with Crippen LogP contribution >= 0.6 is 0 Å². The SMILES string of the molecule is O=C(NCC(=O)N1CCC2C1CCN2C1CCC(O)CC1)c1cccc(C(F)(F)F)c1.c1cnc(-c2cocn2)nc1. The smallest absolute Gasteiger partial charge is 0.416 e. The minimum atomic E-state index is -4.53. The molecule has 3 aliphatic rings. The zero-order chi connectivity index (χ0) is 29.7. The van der Waals surface area contributed by atoms with Crippen molar-refractivity contribution in [1.29, 1.82) is 0 Å². The molecule has 0 radical (unpaired) electrons. The van der Waals surface area contributed by atoms with Gasteiger partial charge in [0.25, 0.3) is 5.91 Å². The third-order valence-electron chi connectivity index (χ3n) is 8.15. The van der Waals surface area contributed by atoms with Gasteiger partial charge in [0.15, 0.2) is 12.2 Å². The maximum atomic E-state index is 12.9. The zero-order valence-electron chi connectivity index (χ0n) is 22.9. The predicted octanol–water partition coefficient (Wildman–Crippen LogP) is 3.55. The van der Waals surface area contributed by atoms with Crippen LogP contribution in [-0.2, 0) is 11.0 Å². The Bertz CT molecular complexity index is 1330. The first-order chi connectivity index (χ1) is 20.2. The number of oxazole rings is 1. The minimum Gasteiger partial charge on any atom is -0.451 e. The van der Waals surface area contributed by atoms with Crippen molar-refractivity contribution in [2.45, 2.75) is 68.9 Å². The molecule has 2 N–H and O–H groups in total. The van der Waals surface area contributed by atoms with E-state index in [9.17, 15) is 27.9 Å². The van der Waals surface area contributed by atoms with E-state index in [2.05, 4.69) is 25.2 Å². The number of nitrogens with one attached hydrogen (secondary N) is 1. The molecule has 1 aromatic carbocycles. The Labute approximate surface area is 241 Å².